The Balaban J connectivity index is 2.07. The van der Waals surface area contributed by atoms with E-state index < -0.39 is 0 Å². The standard InChI is InChI=1S/C15H12N2/c16-8-14-5-10-6-15(9-17,13(10)7-14)12-4-2-1-3-11(12)14/h1-4,10,13H,5-7H2. The minimum Gasteiger partial charge on any atom is -0.197 e. The van der Waals surface area contributed by atoms with Crippen LogP contribution in [0.25, 0.3) is 0 Å². The van der Waals surface area contributed by atoms with Gasteiger partial charge in [-0.05, 0) is 42.2 Å². The lowest BCUT2D eigenvalue weighted by atomic mass is 9.50. The van der Waals surface area contributed by atoms with Gasteiger partial charge in [-0.15, -0.1) is 0 Å². The molecule has 1 aromatic carbocycles. The van der Waals surface area contributed by atoms with Crippen molar-refractivity contribution in [3.05, 3.63) is 35.4 Å². The van der Waals surface area contributed by atoms with Crippen molar-refractivity contribution < 1.29 is 0 Å². The molecule has 2 bridgehead atoms. The molecule has 3 aliphatic rings. The van der Waals surface area contributed by atoms with Crippen LogP contribution in [0.4, 0.5) is 0 Å². The van der Waals surface area contributed by atoms with Crippen molar-refractivity contribution in [2.45, 2.75) is 30.1 Å². The Hall–Kier alpha value is -1.80. The molecule has 0 saturated heterocycles. The number of benzene rings is 1. The number of hydrogen-bond acceptors (Lipinski definition) is 2. The molecule has 0 amide bonds. The summed E-state index contributed by atoms with van der Waals surface area (Å²) in [6.45, 7) is 0. The van der Waals surface area contributed by atoms with Gasteiger partial charge in [-0.3, -0.25) is 0 Å². The molecule has 17 heavy (non-hydrogen) atoms. The van der Waals surface area contributed by atoms with E-state index >= 15 is 0 Å². The predicted octanol–water partition coefficient (Wildman–Crippen LogP) is 2.65. The van der Waals surface area contributed by atoms with Crippen LogP contribution in [-0.4, -0.2) is 0 Å². The third-order valence-electron chi connectivity index (χ3n) is 5.30. The van der Waals surface area contributed by atoms with Crippen molar-refractivity contribution in [3.8, 4) is 12.1 Å². The van der Waals surface area contributed by atoms with Gasteiger partial charge in [0, 0.05) is 0 Å². The first-order valence-electron chi connectivity index (χ1n) is 6.18. The molecular weight excluding hydrogens is 208 g/mol. The fourth-order valence-corrected chi connectivity index (χ4v) is 4.57. The van der Waals surface area contributed by atoms with Gasteiger partial charge in [0.15, 0.2) is 0 Å². The summed E-state index contributed by atoms with van der Waals surface area (Å²) < 4.78 is 0. The zero-order valence-electron chi connectivity index (χ0n) is 9.48. The van der Waals surface area contributed by atoms with Crippen LogP contribution in [0.2, 0.25) is 0 Å². The van der Waals surface area contributed by atoms with Crippen molar-refractivity contribution in [1.29, 1.82) is 10.5 Å². The van der Waals surface area contributed by atoms with E-state index in [4.69, 9.17) is 0 Å². The smallest absolute Gasteiger partial charge is 0.0859 e. The first-order valence-corrected chi connectivity index (χ1v) is 6.18. The quantitative estimate of drug-likeness (QED) is 0.674. The van der Waals surface area contributed by atoms with Gasteiger partial charge >= 0.3 is 0 Å². The van der Waals surface area contributed by atoms with Crippen LogP contribution in [0.1, 0.15) is 30.4 Å². The van der Waals surface area contributed by atoms with Gasteiger partial charge in [0.1, 0.15) is 0 Å². The van der Waals surface area contributed by atoms with Gasteiger partial charge in [0.05, 0.1) is 23.0 Å². The Kier molecular flexibility index (Phi) is 1.38. The van der Waals surface area contributed by atoms with Crippen LogP contribution in [0.5, 0.6) is 0 Å². The van der Waals surface area contributed by atoms with E-state index in [1.165, 1.54) is 0 Å². The molecular formula is C15H12N2. The van der Waals surface area contributed by atoms with Crippen LogP contribution in [0.3, 0.4) is 0 Å². The number of rotatable bonds is 0. The number of nitriles is 2. The fraction of sp³-hybridized carbons (Fsp3) is 0.467. The molecule has 0 aliphatic heterocycles. The monoisotopic (exact) mass is 220 g/mol. The summed E-state index contributed by atoms with van der Waals surface area (Å²) in [4.78, 5) is 0. The maximum Gasteiger partial charge on any atom is 0.0859 e. The van der Waals surface area contributed by atoms with Crippen molar-refractivity contribution in [3.63, 3.8) is 0 Å². The molecule has 1 aromatic rings. The highest BCUT2D eigenvalue weighted by Crippen LogP contribution is 2.69. The Labute approximate surface area is 100 Å². The van der Waals surface area contributed by atoms with Gasteiger partial charge in [0.25, 0.3) is 0 Å². The summed E-state index contributed by atoms with van der Waals surface area (Å²) in [5.74, 6) is 1.03. The summed E-state index contributed by atoms with van der Waals surface area (Å²) >= 11 is 0. The number of hydrogen-bond donors (Lipinski definition) is 0. The lowest BCUT2D eigenvalue weighted by Gasteiger charge is -2.50. The van der Waals surface area contributed by atoms with Crippen molar-refractivity contribution in [1.82, 2.24) is 0 Å². The number of fused-ring (bicyclic) bond motifs is 4. The Bertz CT molecular complexity index is 571. The minimum atomic E-state index is -0.289. The second kappa shape index (κ2) is 2.54. The van der Waals surface area contributed by atoms with Crippen LogP contribution < -0.4 is 0 Å². The first kappa shape index (κ1) is 9.25. The molecule has 3 aliphatic carbocycles. The van der Waals surface area contributed by atoms with E-state index in [9.17, 15) is 10.5 Å². The highest BCUT2D eigenvalue weighted by Gasteiger charge is 2.68. The average Bonchev–Trinajstić information content (AvgIpc) is 2.56. The molecule has 4 atom stereocenters. The zero-order chi connectivity index (χ0) is 11.7. The molecule has 82 valence electrons. The molecule has 2 nitrogen and oxygen atoms in total. The SMILES string of the molecule is N#CC12CC3CC(C#N)(c4ccccc41)C3C2. The highest BCUT2D eigenvalue weighted by atomic mass is 14.7. The minimum absolute atomic E-state index is 0.266. The maximum atomic E-state index is 9.58. The Morgan fingerprint density at radius 2 is 1.76 bits per heavy atom. The third kappa shape index (κ3) is 0.776. The molecule has 4 unspecified atom stereocenters. The lowest BCUT2D eigenvalue weighted by Crippen LogP contribution is -2.50. The summed E-state index contributed by atoms with van der Waals surface area (Å²) in [5.41, 5.74) is 1.73. The zero-order valence-corrected chi connectivity index (χ0v) is 9.48. The molecule has 0 radical (unpaired) electrons. The van der Waals surface area contributed by atoms with E-state index in [2.05, 4.69) is 24.3 Å². The highest BCUT2D eigenvalue weighted by molar-refractivity contribution is 5.55. The molecule has 0 aromatic heterocycles. The van der Waals surface area contributed by atoms with E-state index in [0.717, 1.165) is 30.4 Å². The molecule has 2 heteroatoms. The first-order chi connectivity index (χ1) is 8.26. The van der Waals surface area contributed by atoms with Gasteiger partial charge in [-0.1, -0.05) is 24.3 Å². The van der Waals surface area contributed by atoms with Crippen LogP contribution >= 0.6 is 0 Å². The fourth-order valence-electron chi connectivity index (χ4n) is 4.57. The number of nitrogens with zero attached hydrogens (tertiary/aromatic N) is 2. The average molecular weight is 220 g/mol. The van der Waals surface area contributed by atoms with E-state index in [1.54, 1.807) is 0 Å². The molecule has 0 heterocycles. The van der Waals surface area contributed by atoms with Gasteiger partial charge < -0.3 is 0 Å². The lowest BCUT2D eigenvalue weighted by molar-refractivity contribution is 0.104. The maximum absolute atomic E-state index is 9.58. The Morgan fingerprint density at radius 1 is 1.00 bits per heavy atom. The van der Waals surface area contributed by atoms with E-state index in [1.807, 2.05) is 12.1 Å². The molecule has 0 N–H and O–H groups in total. The second-order valence-electron chi connectivity index (χ2n) is 5.80. The molecule has 2 saturated carbocycles. The largest absolute Gasteiger partial charge is 0.197 e. The van der Waals surface area contributed by atoms with Crippen molar-refractivity contribution in [2.75, 3.05) is 0 Å². The summed E-state index contributed by atoms with van der Waals surface area (Å²) in [7, 11) is 0. The van der Waals surface area contributed by atoms with Gasteiger partial charge in [-0.25, -0.2) is 0 Å². The van der Waals surface area contributed by atoms with Crippen molar-refractivity contribution >= 4 is 0 Å². The summed E-state index contributed by atoms with van der Waals surface area (Å²) in [6.07, 6.45) is 2.84. The molecule has 4 rings (SSSR count). The molecule has 0 spiro atoms. The Morgan fingerprint density at radius 3 is 2.47 bits per heavy atom. The van der Waals surface area contributed by atoms with Gasteiger partial charge in [-0.2, -0.15) is 10.5 Å². The van der Waals surface area contributed by atoms with E-state index in [0.29, 0.717) is 11.8 Å². The third-order valence-corrected chi connectivity index (χ3v) is 5.30. The van der Waals surface area contributed by atoms with Crippen LogP contribution in [0.15, 0.2) is 24.3 Å². The van der Waals surface area contributed by atoms with Crippen LogP contribution in [-0.2, 0) is 10.8 Å². The van der Waals surface area contributed by atoms with E-state index in [-0.39, 0.29) is 10.8 Å². The van der Waals surface area contributed by atoms with Crippen molar-refractivity contribution in [2.24, 2.45) is 11.8 Å². The second-order valence-corrected chi connectivity index (χ2v) is 5.80. The summed E-state index contributed by atoms with van der Waals surface area (Å²) in [6, 6.07) is 13.2. The van der Waals surface area contributed by atoms with Crippen LogP contribution in [0, 0.1) is 34.5 Å². The normalized spacial score (nSPS) is 44.1. The predicted molar refractivity (Wildman–Crippen MR) is 61.9 cm³/mol. The summed E-state index contributed by atoms with van der Waals surface area (Å²) in [5, 5.41) is 19.2. The topological polar surface area (TPSA) is 47.6 Å². The van der Waals surface area contributed by atoms with Gasteiger partial charge in [0.2, 0.25) is 0 Å². The molecule has 2 fully saturated rings.